The molecule has 4 fully saturated rings. The van der Waals surface area contributed by atoms with Crippen molar-refractivity contribution >= 4 is 5.97 Å². The molecule has 0 saturated carbocycles. The second-order valence-electron chi connectivity index (χ2n) is 10.5. The Hall–Kier alpha value is -0.850. The predicted molar refractivity (Wildman–Crippen MR) is 128 cm³/mol. The van der Waals surface area contributed by atoms with Gasteiger partial charge < -0.3 is 25.5 Å². The van der Waals surface area contributed by atoms with Crippen LogP contribution in [0.5, 0.6) is 0 Å². The molecule has 0 spiro atoms. The number of carboxylic acids is 1. The fourth-order valence-electron chi connectivity index (χ4n) is 5.38. The number of aliphatic hydroxyl groups is 4. The van der Waals surface area contributed by atoms with Crippen LogP contribution in [0.25, 0.3) is 0 Å². The summed E-state index contributed by atoms with van der Waals surface area (Å²) in [4.78, 5) is 22.4. The summed E-state index contributed by atoms with van der Waals surface area (Å²) in [7, 11) is 0. The average Bonchev–Trinajstić information content (AvgIpc) is 3.70. The zero-order chi connectivity index (χ0) is 25.3. The lowest BCUT2D eigenvalue weighted by Crippen LogP contribution is -2.67. The number of hydrogen-bond acceptors (Lipinski definition) is 9. The van der Waals surface area contributed by atoms with Gasteiger partial charge in [-0.3, -0.25) is 19.6 Å². The molecule has 10 nitrogen and oxygen atoms in total. The molecule has 8 atom stereocenters. The van der Waals surface area contributed by atoms with Gasteiger partial charge in [-0.1, -0.05) is 27.7 Å². The molecule has 8 unspecified atom stereocenters. The van der Waals surface area contributed by atoms with Crippen LogP contribution in [0.4, 0.5) is 0 Å². The fourth-order valence-corrected chi connectivity index (χ4v) is 5.38. The summed E-state index contributed by atoms with van der Waals surface area (Å²) in [5, 5.41) is 44.6. The third kappa shape index (κ3) is 5.01. The van der Waals surface area contributed by atoms with Crippen molar-refractivity contribution in [3.05, 3.63) is 0 Å². The van der Waals surface area contributed by atoms with E-state index in [-0.39, 0.29) is 6.17 Å². The fraction of sp³-hybridized carbons (Fsp3) is 0.958. The highest BCUT2D eigenvalue weighted by molar-refractivity contribution is 5.81. The molecule has 4 aliphatic heterocycles. The summed E-state index contributed by atoms with van der Waals surface area (Å²) in [6.07, 6.45) is 4.32. The van der Waals surface area contributed by atoms with E-state index in [2.05, 4.69) is 47.3 Å². The van der Waals surface area contributed by atoms with Crippen LogP contribution >= 0.6 is 0 Å². The molecule has 34 heavy (non-hydrogen) atoms. The normalized spacial score (nSPS) is 38.2. The smallest absolute Gasteiger partial charge is 0.342 e. The van der Waals surface area contributed by atoms with E-state index in [9.17, 15) is 9.90 Å². The van der Waals surface area contributed by atoms with Gasteiger partial charge in [0, 0.05) is 50.3 Å². The van der Waals surface area contributed by atoms with Crippen molar-refractivity contribution in [1.82, 2.24) is 19.6 Å². The largest absolute Gasteiger partial charge is 0.479 e. The van der Waals surface area contributed by atoms with Crippen LogP contribution in [-0.4, -0.2) is 140 Å². The highest BCUT2D eigenvalue weighted by Crippen LogP contribution is 2.50. The van der Waals surface area contributed by atoms with Crippen molar-refractivity contribution in [2.24, 2.45) is 5.41 Å². The van der Waals surface area contributed by atoms with Gasteiger partial charge in [0.05, 0.1) is 31.8 Å². The number of carboxylic acid groups (broad SMARTS) is 1. The molecule has 0 radical (unpaired) electrons. The molecule has 4 saturated heterocycles. The van der Waals surface area contributed by atoms with Gasteiger partial charge in [-0.25, -0.2) is 4.79 Å². The minimum absolute atomic E-state index is 0.00741. The Balaban J connectivity index is 0.000000309. The Morgan fingerprint density at radius 1 is 0.706 bits per heavy atom. The zero-order valence-corrected chi connectivity index (χ0v) is 21.3. The minimum atomic E-state index is -1.11. The molecule has 0 bridgehead atoms. The number of hydrogen-bond donors (Lipinski definition) is 5. The Labute approximate surface area is 203 Å². The molecule has 0 aromatic rings. The molecular weight excluding hydrogens is 440 g/mol. The van der Waals surface area contributed by atoms with Gasteiger partial charge in [-0.05, 0) is 25.7 Å². The van der Waals surface area contributed by atoms with Gasteiger partial charge in [0.1, 0.15) is 6.17 Å². The van der Waals surface area contributed by atoms with Crippen LogP contribution in [-0.2, 0) is 4.79 Å². The van der Waals surface area contributed by atoms with E-state index in [4.69, 9.17) is 20.4 Å². The Kier molecular flexibility index (Phi) is 9.01. The van der Waals surface area contributed by atoms with E-state index in [1.54, 1.807) is 0 Å². The third-order valence-corrected chi connectivity index (χ3v) is 8.35. The maximum Gasteiger partial charge on any atom is 0.342 e. The summed E-state index contributed by atoms with van der Waals surface area (Å²) in [6.45, 7) is 11.2. The average molecular weight is 487 g/mol. The highest BCUT2D eigenvalue weighted by atomic mass is 16.4. The summed E-state index contributed by atoms with van der Waals surface area (Å²) in [5.41, 5.74) is -1.96. The number of aliphatic carboxylic acids is 1. The van der Waals surface area contributed by atoms with Crippen molar-refractivity contribution < 1.29 is 30.3 Å². The van der Waals surface area contributed by atoms with Gasteiger partial charge in [0.2, 0.25) is 5.66 Å². The second kappa shape index (κ2) is 11.0. The van der Waals surface area contributed by atoms with Crippen molar-refractivity contribution in [2.45, 2.75) is 89.4 Å². The summed E-state index contributed by atoms with van der Waals surface area (Å²) < 4.78 is 0. The van der Waals surface area contributed by atoms with Crippen LogP contribution in [0.15, 0.2) is 0 Å². The first-order valence-electron chi connectivity index (χ1n) is 13.0. The molecule has 5 N–H and O–H groups in total. The molecule has 4 rings (SSSR count). The third-order valence-electron chi connectivity index (χ3n) is 8.35. The zero-order valence-electron chi connectivity index (χ0n) is 21.3. The summed E-state index contributed by atoms with van der Waals surface area (Å²) >= 11 is 0. The Bertz CT molecular complexity index is 639. The standard InChI is InChI=1S/C19H34N4O2.C5H12O4/c1-5-13-9-20(13)17(21-10-14(21)6-2)19(18(24)25,22-11-15(22)7-3)23-12-16(23)8-4;6-1-5(2-7,3-8)4-9/h13-17H,5-12H2,1-4H3,(H,24,25);6-9H,1-4H2. The lowest BCUT2D eigenvalue weighted by molar-refractivity contribution is -0.165. The number of carbonyl (C=O) groups is 1. The topological polar surface area (TPSA) is 130 Å². The highest BCUT2D eigenvalue weighted by Gasteiger charge is 2.72. The number of nitrogens with zero attached hydrogens (tertiary/aromatic N) is 4. The van der Waals surface area contributed by atoms with Gasteiger partial charge >= 0.3 is 5.97 Å². The molecule has 0 aliphatic carbocycles. The number of aliphatic hydroxyl groups excluding tert-OH is 4. The summed E-state index contributed by atoms with van der Waals surface area (Å²) in [6, 6.07) is 1.97. The molecular formula is C24H46N4O6. The van der Waals surface area contributed by atoms with E-state index in [0.29, 0.717) is 24.2 Å². The quantitative estimate of drug-likeness (QED) is 0.203. The van der Waals surface area contributed by atoms with Gasteiger partial charge in [-0.15, -0.1) is 0 Å². The molecule has 4 heterocycles. The molecule has 0 amide bonds. The van der Waals surface area contributed by atoms with Crippen LogP contribution in [0.3, 0.4) is 0 Å². The molecule has 0 aromatic heterocycles. The van der Waals surface area contributed by atoms with Crippen molar-refractivity contribution in [3.8, 4) is 0 Å². The SMILES string of the molecule is CCC1CN1C(N1CC1CC)C(C(=O)O)(N1CC1CC)N1CC1CC.OCC(CO)(CO)CO. The van der Waals surface area contributed by atoms with Crippen LogP contribution in [0, 0.1) is 5.41 Å². The van der Waals surface area contributed by atoms with Gasteiger partial charge in [0.15, 0.2) is 0 Å². The monoisotopic (exact) mass is 486 g/mol. The van der Waals surface area contributed by atoms with Gasteiger partial charge in [-0.2, -0.15) is 0 Å². The molecule has 10 heteroatoms. The predicted octanol–water partition coefficient (Wildman–Crippen LogP) is -0.588. The van der Waals surface area contributed by atoms with E-state index in [0.717, 1.165) is 51.9 Å². The Morgan fingerprint density at radius 3 is 1.24 bits per heavy atom. The maximum atomic E-state index is 12.9. The maximum absolute atomic E-state index is 12.9. The van der Waals surface area contributed by atoms with Crippen LogP contribution in [0.1, 0.15) is 53.4 Å². The van der Waals surface area contributed by atoms with Crippen LogP contribution in [0.2, 0.25) is 0 Å². The van der Waals surface area contributed by atoms with Crippen molar-refractivity contribution in [1.29, 1.82) is 0 Å². The lowest BCUT2D eigenvalue weighted by atomic mass is 9.93. The molecule has 198 valence electrons. The van der Waals surface area contributed by atoms with E-state index < -0.39 is 43.5 Å². The first-order valence-corrected chi connectivity index (χ1v) is 13.0. The Morgan fingerprint density at radius 2 is 1.06 bits per heavy atom. The molecule has 4 aliphatic rings. The lowest BCUT2D eigenvalue weighted by Gasteiger charge is -2.43. The first kappa shape index (κ1) is 27.7. The second-order valence-corrected chi connectivity index (χ2v) is 10.5. The van der Waals surface area contributed by atoms with Crippen LogP contribution < -0.4 is 0 Å². The van der Waals surface area contributed by atoms with E-state index >= 15 is 0 Å². The number of rotatable bonds is 14. The van der Waals surface area contributed by atoms with Crippen molar-refractivity contribution in [3.63, 3.8) is 0 Å². The van der Waals surface area contributed by atoms with E-state index in [1.807, 2.05) is 0 Å². The van der Waals surface area contributed by atoms with Crippen molar-refractivity contribution in [2.75, 3.05) is 52.6 Å². The summed E-state index contributed by atoms with van der Waals surface area (Å²) in [5.74, 6) is -0.632. The minimum Gasteiger partial charge on any atom is -0.479 e. The molecule has 0 aromatic carbocycles. The van der Waals surface area contributed by atoms with Gasteiger partial charge in [0.25, 0.3) is 0 Å². The first-order chi connectivity index (χ1) is 16.3. The van der Waals surface area contributed by atoms with E-state index in [1.165, 1.54) is 0 Å².